The zero-order chi connectivity index (χ0) is 22.3. The standard InChI is InChI=1S/C22H23F2N5O3/c1-25-22(27-10-15-3-2-4-16(7-15)12-29-6-5-26-13-29)28-11-17-8-19-20(31-14-30-19)9-18(17)32-21(23)24/h2-9,13,21H,10-12,14H2,1H3,(H2,25,27,28). The number of imidazole rings is 1. The fourth-order valence-corrected chi connectivity index (χ4v) is 3.32. The number of guanidine groups is 1. The molecule has 32 heavy (non-hydrogen) atoms. The molecule has 0 atom stereocenters. The summed E-state index contributed by atoms with van der Waals surface area (Å²) in [6.45, 7) is -1.42. The molecule has 8 nitrogen and oxygen atoms in total. The van der Waals surface area contributed by atoms with E-state index >= 15 is 0 Å². The van der Waals surface area contributed by atoms with Crippen LogP contribution in [-0.2, 0) is 19.6 Å². The number of alkyl halides is 2. The van der Waals surface area contributed by atoms with E-state index < -0.39 is 6.61 Å². The molecule has 0 amide bonds. The summed E-state index contributed by atoms with van der Waals surface area (Å²) in [5, 5.41) is 6.35. The Bertz CT molecular complexity index is 1070. The van der Waals surface area contributed by atoms with Gasteiger partial charge in [0.15, 0.2) is 17.5 Å². The molecule has 2 aromatic carbocycles. The molecule has 168 valence electrons. The van der Waals surface area contributed by atoms with Gasteiger partial charge < -0.3 is 29.4 Å². The van der Waals surface area contributed by atoms with Crippen molar-refractivity contribution >= 4 is 5.96 Å². The van der Waals surface area contributed by atoms with Crippen molar-refractivity contribution in [3.8, 4) is 17.2 Å². The van der Waals surface area contributed by atoms with Crippen molar-refractivity contribution in [2.45, 2.75) is 26.2 Å². The predicted octanol–water partition coefficient (Wildman–Crippen LogP) is 3.13. The lowest BCUT2D eigenvalue weighted by Gasteiger charge is -2.15. The molecule has 0 saturated carbocycles. The molecule has 1 aliphatic rings. The first-order valence-electron chi connectivity index (χ1n) is 9.96. The average Bonchev–Trinajstić information content (AvgIpc) is 3.45. The maximum absolute atomic E-state index is 12.8. The molecule has 0 aliphatic carbocycles. The zero-order valence-corrected chi connectivity index (χ0v) is 17.4. The molecule has 0 fully saturated rings. The quantitative estimate of drug-likeness (QED) is 0.411. The van der Waals surface area contributed by atoms with Gasteiger partial charge in [-0.2, -0.15) is 8.78 Å². The van der Waals surface area contributed by atoms with Crippen LogP contribution in [-0.4, -0.2) is 36.0 Å². The van der Waals surface area contributed by atoms with Crippen molar-refractivity contribution in [3.05, 3.63) is 71.8 Å². The normalized spacial score (nSPS) is 12.8. The van der Waals surface area contributed by atoms with Gasteiger partial charge in [0.05, 0.1) is 6.33 Å². The van der Waals surface area contributed by atoms with Crippen LogP contribution >= 0.6 is 0 Å². The summed E-state index contributed by atoms with van der Waals surface area (Å²) in [5.41, 5.74) is 2.73. The predicted molar refractivity (Wildman–Crippen MR) is 114 cm³/mol. The van der Waals surface area contributed by atoms with Crippen molar-refractivity contribution < 1.29 is 23.0 Å². The third-order valence-corrected chi connectivity index (χ3v) is 4.82. The van der Waals surface area contributed by atoms with Gasteiger partial charge in [0, 0.05) is 50.7 Å². The van der Waals surface area contributed by atoms with E-state index in [4.69, 9.17) is 9.47 Å². The largest absolute Gasteiger partial charge is 0.454 e. The molecule has 0 unspecified atom stereocenters. The van der Waals surface area contributed by atoms with Gasteiger partial charge in [0.25, 0.3) is 0 Å². The number of hydrogen-bond donors (Lipinski definition) is 2. The number of hydrogen-bond acceptors (Lipinski definition) is 5. The number of fused-ring (bicyclic) bond motifs is 1. The Kier molecular flexibility index (Phi) is 6.69. The van der Waals surface area contributed by atoms with Crippen LogP contribution in [0.3, 0.4) is 0 Å². The van der Waals surface area contributed by atoms with Gasteiger partial charge >= 0.3 is 6.61 Å². The van der Waals surface area contributed by atoms with Crippen LogP contribution in [0.25, 0.3) is 0 Å². The molecule has 3 aromatic rings. The van der Waals surface area contributed by atoms with Crippen LogP contribution in [0, 0.1) is 0 Å². The molecule has 0 spiro atoms. The molecule has 10 heteroatoms. The Labute approximate surface area is 183 Å². The smallest absolute Gasteiger partial charge is 0.387 e. The lowest BCUT2D eigenvalue weighted by atomic mass is 10.1. The number of benzene rings is 2. The highest BCUT2D eigenvalue weighted by molar-refractivity contribution is 5.79. The van der Waals surface area contributed by atoms with E-state index in [1.54, 1.807) is 25.6 Å². The van der Waals surface area contributed by atoms with Crippen molar-refractivity contribution in [2.75, 3.05) is 13.8 Å². The van der Waals surface area contributed by atoms with Crippen molar-refractivity contribution in [1.82, 2.24) is 20.2 Å². The van der Waals surface area contributed by atoms with E-state index in [2.05, 4.69) is 37.5 Å². The first-order chi connectivity index (χ1) is 15.6. The first kappa shape index (κ1) is 21.4. The minimum Gasteiger partial charge on any atom is -0.454 e. The molecule has 1 aliphatic heterocycles. The van der Waals surface area contributed by atoms with E-state index in [-0.39, 0.29) is 19.1 Å². The van der Waals surface area contributed by atoms with Gasteiger partial charge in [0.1, 0.15) is 5.75 Å². The Morgan fingerprint density at radius 3 is 2.69 bits per heavy atom. The van der Waals surface area contributed by atoms with E-state index in [1.807, 2.05) is 22.9 Å². The van der Waals surface area contributed by atoms with E-state index in [9.17, 15) is 8.78 Å². The number of aromatic nitrogens is 2. The van der Waals surface area contributed by atoms with Crippen molar-refractivity contribution in [2.24, 2.45) is 4.99 Å². The lowest BCUT2D eigenvalue weighted by Crippen LogP contribution is -2.36. The van der Waals surface area contributed by atoms with Gasteiger partial charge in [-0.1, -0.05) is 24.3 Å². The Morgan fingerprint density at radius 2 is 1.94 bits per heavy atom. The highest BCUT2D eigenvalue weighted by Crippen LogP contribution is 2.38. The fraction of sp³-hybridized carbons (Fsp3) is 0.273. The average molecular weight is 443 g/mol. The van der Waals surface area contributed by atoms with Crippen LogP contribution in [0.2, 0.25) is 0 Å². The number of rotatable bonds is 8. The summed E-state index contributed by atoms with van der Waals surface area (Å²) in [4.78, 5) is 8.26. The summed E-state index contributed by atoms with van der Waals surface area (Å²) in [7, 11) is 1.64. The lowest BCUT2D eigenvalue weighted by molar-refractivity contribution is -0.0505. The highest BCUT2D eigenvalue weighted by atomic mass is 19.3. The first-order valence-corrected chi connectivity index (χ1v) is 9.96. The van der Waals surface area contributed by atoms with Gasteiger partial charge in [0.2, 0.25) is 6.79 Å². The van der Waals surface area contributed by atoms with Gasteiger partial charge in [-0.25, -0.2) is 4.98 Å². The zero-order valence-electron chi connectivity index (χ0n) is 17.4. The Morgan fingerprint density at radius 1 is 1.16 bits per heavy atom. The summed E-state index contributed by atoms with van der Waals surface area (Å²) in [5.74, 6) is 1.41. The van der Waals surface area contributed by atoms with Crippen LogP contribution < -0.4 is 24.8 Å². The number of ether oxygens (including phenoxy) is 3. The molecule has 2 heterocycles. The van der Waals surface area contributed by atoms with Gasteiger partial charge in [-0.3, -0.25) is 4.99 Å². The summed E-state index contributed by atoms with van der Waals surface area (Å²) >= 11 is 0. The molecule has 0 saturated heterocycles. The second-order valence-electron chi connectivity index (χ2n) is 7.03. The number of nitrogens with zero attached hydrogens (tertiary/aromatic N) is 3. The van der Waals surface area contributed by atoms with E-state index in [0.29, 0.717) is 29.6 Å². The topological polar surface area (TPSA) is 81.9 Å². The number of halogens is 2. The third kappa shape index (κ3) is 5.45. The second kappa shape index (κ2) is 9.99. The maximum atomic E-state index is 12.8. The minimum absolute atomic E-state index is 0.0272. The summed E-state index contributed by atoms with van der Waals surface area (Å²) in [6.07, 6.45) is 5.44. The highest BCUT2D eigenvalue weighted by Gasteiger charge is 2.20. The molecule has 0 bridgehead atoms. The van der Waals surface area contributed by atoms with E-state index in [1.165, 1.54) is 6.07 Å². The Hall–Kier alpha value is -3.82. The monoisotopic (exact) mass is 443 g/mol. The fourth-order valence-electron chi connectivity index (χ4n) is 3.32. The second-order valence-corrected chi connectivity index (χ2v) is 7.03. The minimum atomic E-state index is -2.94. The molecule has 1 aromatic heterocycles. The molecule has 2 N–H and O–H groups in total. The maximum Gasteiger partial charge on any atom is 0.387 e. The van der Waals surface area contributed by atoms with Crippen LogP contribution in [0.15, 0.2) is 60.1 Å². The summed E-state index contributed by atoms with van der Waals surface area (Å²) < 4.78 is 42.9. The van der Waals surface area contributed by atoms with Gasteiger partial charge in [-0.15, -0.1) is 0 Å². The molecular formula is C22H23F2N5O3. The van der Waals surface area contributed by atoms with Crippen molar-refractivity contribution in [3.63, 3.8) is 0 Å². The third-order valence-electron chi connectivity index (χ3n) is 4.82. The molecule has 0 radical (unpaired) electrons. The Balaban J connectivity index is 1.37. The SMILES string of the molecule is CN=C(NCc1cccc(Cn2ccnc2)c1)NCc1cc2c(cc1OC(F)F)OCO2. The molecular weight excluding hydrogens is 420 g/mol. The van der Waals surface area contributed by atoms with Crippen molar-refractivity contribution in [1.29, 1.82) is 0 Å². The van der Waals surface area contributed by atoms with Crippen LogP contribution in [0.1, 0.15) is 16.7 Å². The van der Waals surface area contributed by atoms with E-state index in [0.717, 1.165) is 17.7 Å². The molecule has 4 rings (SSSR count). The van der Waals surface area contributed by atoms with Crippen LogP contribution in [0.4, 0.5) is 8.78 Å². The number of aliphatic imine (C=N–C) groups is 1. The van der Waals surface area contributed by atoms with Crippen LogP contribution in [0.5, 0.6) is 17.2 Å². The summed E-state index contributed by atoms with van der Waals surface area (Å²) in [6, 6.07) is 11.2. The number of nitrogens with one attached hydrogen (secondary N) is 2. The van der Waals surface area contributed by atoms with Gasteiger partial charge in [-0.05, 0) is 17.2 Å².